The van der Waals surface area contributed by atoms with Crippen LogP contribution in [0.5, 0.6) is 5.75 Å². The third kappa shape index (κ3) is 7.84. The van der Waals surface area contributed by atoms with Gasteiger partial charge in [0.05, 0.1) is 7.11 Å². The van der Waals surface area contributed by atoms with Crippen LogP contribution in [0.15, 0.2) is 38.1 Å². The van der Waals surface area contributed by atoms with Gasteiger partial charge < -0.3 is 14.3 Å². The number of rotatable bonds is 11. The average molecular weight is 555 g/mol. The van der Waals surface area contributed by atoms with E-state index in [1.165, 1.54) is 24.3 Å². The summed E-state index contributed by atoms with van der Waals surface area (Å²) in [6.45, 7) is 7.92. The second-order valence-corrected chi connectivity index (χ2v) is 10.8. The predicted octanol–water partition coefficient (Wildman–Crippen LogP) is 6.18. The molecule has 0 spiro atoms. The summed E-state index contributed by atoms with van der Waals surface area (Å²) in [5, 5.41) is 12.9. The molecule has 0 aliphatic heterocycles. The number of allylic oxidation sites excluding steroid dienone is 1. The maximum Gasteiger partial charge on any atom is 0.410 e. The van der Waals surface area contributed by atoms with Crippen molar-refractivity contribution in [1.29, 1.82) is 0 Å². The number of carbonyl (C=O) groups is 2. The molecule has 0 aliphatic carbocycles. The van der Waals surface area contributed by atoms with E-state index in [2.05, 4.69) is 45.9 Å². The van der Waals surface area contributed by atoms with Gasteiger partial charge in [-0.3, -0.25) is 10.1 Å². The van der Waals surface area contributed by atoms with Crippen LogP contribution in [0.2, 0.25) is 0 Å². The average Bonchev–Trinajstić information content (AvgIpc) is 3.09. The second kappa shape index (κ2) is 12.9. The van der Waals surface area contributed by atoms with Crippen LogP contribution in [0, 0.1) is 11.8 Å². The highest BCUT2D eigenvalue weighted by Gasteiger charge is 2.26. The Kier molecular flexibility index (Phi) is 10.6. The molecular weight excluding hydrogens is 522 g/mol. The Labute approximate surface area is 212 Å². The lowest BCUT2D eigenvalue weighted by atomic mass is 9.95. The third-order valence-corrected chi connectivity index (χ3v) is 7.46. The molecule has 0 aromatic carbocycles. The smallest absolute Gasteiger partial charge is 0.410 e. The van der Waals surface area contributed by atoms with Crippen molar-refractivity contribution in [2.24, 2.45) is 11.8 Å². The lowest BCUT2D eigenvalue weighted by Gasteiger charge is -2.13. The highest BCUT2D eigenvalue weighted by Crippen LogP contribution is 2.32. The molecule has 0 saturated heterocycles. The van der Waals surface area contributed by atoms with Gasteiger partial charge in [0.2, 0.25) is 0 Å². The summed E-state index contributed by atoms with van der Waals surface area (Å²) in [7, 11) is 1.28. The molecule has 2 N–H and O–H groups in total. The molecule has 2 aromatic rings. The molecule has 0 saturated carbocycles. The lowest BCUT2D eigenvalue weighted by Crippen LogP contribution is -2.22. The normalized spacial score (nSPS) is 13.3. The van der Waals surface area contributed by atoms with Crippen LogP contribution in [0.1, 0.15) is 72.3 Å². The molecule has 186 valence electrons. The topological polar surface area (TPSA) is 106 Å². The van der Waals surface area contributed by atoms with Crippen LogP contribution in [-0.4, -0.2) is 24.1 Å². The van der Waals surface area contributed by atoms with Gasteiger partial charge in [-0.25, -0.2) is 9.59 Å². The van der Waals surface area contributed by atoms with E-state index in [1.54, 1.807) is 24.3 Å². The summed E-state index contributed by atoms with van der Waals surface area (Å²) in [6.07, 6.45) is 5.31. The Morgan fingerprint density at radius 3 is 2.56 bits per heavy atom. The first-order valence-electron chi connectivity index (χ1n) is 11.2. The van der Waals surface area contributed by atoms with Gasteiger partial charge in [-0.2, -0.15) is 0 Å². The minimum atomic E-state index is -0.827. The molecule has 34 heavy (non-hydrogen) atoms. The van der Waals surface area contributed by atoms with Gasteiger partial charge >= 0.3 is 11.7 Å². The molecule has 0 fully saturated rings. The zero-order valence-electron chi connectivity index (χ0n) is 20.1. The minimum Gasteiger partial charge on any atom is -0.507 e. The second-order valence-electron chi connectivity index (χ2n) is 8.76. The molecule has 2 rings (SSSR count). The zero-order valence-corrected chi connectivity index (χ0v) is 22.5. The molecule has 7 nitrogen and oxygen atoms in total. The first-order chi connectivity index (χ1) is 16.0. The summed E-state index contributed by atoms with van der Waals surface area (Å²) in [4.78, 5) is 38.9. The number of Topliss-reactive ketones (excluding diaryl/α,β-unsaturated/α-hetero) is 1. The van der Waals surface area contributed by atoms with Crippen LogP contribution in [0.3, 0.4) is 0 Å². The van der Waals surface area contributed by atoms with Gasteiger partial charge in [0.15, 0.2) is 5.78 Å². The molecule has 1 amide bonds. The number of alkyl carbamates (subject to hydrolysis) is 1. The number of ether oxygens (including phenoxy) is 1. The molecule has 0 radical (unpaired) electrons. The fourth-order valence-electron chi connectivity index (χ4n) is 3.44. The molecule has 2 unspecified atom stereocenters. The van der Waals surface area contributed by atoms with Gasteiger partial charge in [-0.15, -0.1) is 11.3 Å². The van der Waals surface area contributed by atoms with Crippen LogP contribution in [-0.2, 0) is 17.6 Å². The number of nitrogens with one attached hydrogen (secondary N) is 1. The monoisotopic (exact) mass is 553 g/mol. The van der Waals surface area contributed by atoms with Crippen molar-refractivity contribution in [2.75, 3.05) is 7.11 Å². The number of halogens is 1. The largest absolute Gasteiger partial charge is 0.507 e. The Balaban J connectivity index is 2.07. The zero-order chi connectivity index (χ0) is 25.4. The van der Waals surface area contributed by atoms with E-state index in [9.17, 15) is 19.5 Å². The van der Waals surface area contributed by atoms with Crippen molar-refractivity contribution in [2.45, 2.75) is 59.3 Å². The van der Waals surface area contributed by atoms with E-state index in [-0.39, 0.29) is 17.2 Å². The molecule has 0 aliphatic rings. The fourth-order valence-corrected chi connectivity index (χ4v) is 5.68. The first kappa shape index (κ1) is 27.9. The van der Waals surface area contributed by atoms with Gasteiger partial charge in [-0.05, 0) is 53.6 Å². The Hall–Kier alpha value is -2.39. The highest BCUT2D eigenvalue weighted by molar-refractivity contribution is 9.10. The number of carbonyl (C=O) groups excluding carboxylic acids is 2. The van der Waals surface area contributed by atoms with Crippen molar-refractivity contribution in [3.05, 3.63) is 60.4 Å². The van der Waals surface area contributed by atoms with Crippen LogP contribution >= 0.6 is 27.3 Å². The van der Waals surface area contributed by atoms with Crippen LogP contribution < -0.4 is 10.9 Å². The summed E-state index contributed by atoms with van der Waals surface area (Å²) < 4.78 is 10.8. The van der Waals surface area contributed by atoms with Crippen molar-refractivity contribution >= 4 is 39.1 Å². The molecule has 0 bridgehead atoms. The highest BCUT2D eigenvalue weighted by atomic mass is 79.9. The van der Waals surface area contributed by atoms with Crippen LogP contribution in [0.4, 0.5) is 4.79 Å². The number of methoxy groups -OCH3 is 1. The van der Waals surface area contributed by atoms with E-state index >= 15 is 0 Å². The van der Waals surface area contributed by atoms with Gasteiger partial charge in [0, 0.05) is 38.3 Å². The van der Waals surface area contributed by atoms with Gasteiger partial charge in [0.1, 0.15) is 17.1 Å². The fraction of sp³-hybridized carbons (Fsp3) is 0.480. The Morgan fingerprint density at radius 2 is 1.94 bits per heavy atom. The summed E-state index contributed by atoms with van der Waals surface area (Å²) in [5.41, 5.74) is -1.13. The van der Waals surface area contributed by atoms with E-state index in [4.69, 9.17) is 4.42 Å². The van der Waals surface area contributed by atoms with Crippen molar-refractivity contribution in [3.8, 4) is 5.75 Å². The first-order valence-corrected chi connectivity index (χ1v) is 12.8. The van der Waals surface area contributed by atoms with E-state index in [0.29, 0.717) is 30.9 Å². The number of hydrogen-bond acceptors (Lipinski definition) is 7. The molecule has 2 atom stereocenters. The van der Waals surface area contributed by atoms with Gasteiger partial charge in [0.25, 0.3) is 0 Å². The maximum absolute atomic E-state index is 13.0. The number of amides is 1. The number of ketones is 1. The molecular formula is C25H32BrNO6S. The summed E-state index contributed by atoms with van der Waals surface area (Å²) >= 11 is 5.23. The molecule has 2 aromatic heterocycles. The van der Waals surface area contributed by atoms with Crippen molar-refractivity contribution < 1.29 is 23.8 Å². The SMILES string of the molecule is COC(=O)N/C=C/CCC(C)c1cc(O)c(C(=O)C(C)Cc2sc(CC(C)C)cc2Br)c(=O)o1. The van der Waals surface area contributed by atoms with E-state index in [0.717, 1.165) is 15.8 Å². The minimum absolute atomic E-state index is 0.176. The number of thiophene rings is 1. The predicted molar refractivity (Wildman–Crippen MR) is 137 cm³/mol. The third-order valence-electron chi connectivity index (χ3n) is 5.31. The van der Waals surface area contributed by atoms with Crippen LogP contribution in [0.25, 0.3) is 0 Å². The lowest BCUT2D eigenvalue weighted by molar-refractivity contribution is 0.0922. The molecule has 9 heteroatoms. The maximum atomic E-state index is 13.0. The quantitative estimate of drug-likeness (QED) is 0.321. The Morgan fingerprint density at radius 1 is 1.24 bits per heavy atom. The summed E-state index contributed by atoms with van der Waals surface area (Å²) in [6, 6.07) is 3.43. The van der Waals surface area contributed by atoms with Crippen molar-refractivity contribution in [1.82, 2.24) is 5.32 Å². The Bertz CT molecular complexity index is 1090. The number of hydrogen-bond donors (Lipinski definition) is 2. The van der Waals surface area contributed by atoms with E-state index in [1.807, 2.05) is 6.92 Å². The van der Waals surface area contributed by atoms with Crippen molar-refractivity contribution in [3.63, 3.8) is 0 Å². The van der Waals surface area contributed by atoms with E-state index < -0.39 is 23.4 Å². The van der Waals surface area contributed by atoms with Gasteiger partial charge in [-0.1, -0.05) is 33.8 Å². The standard InChI is InChI=1S/C25H32BrNO6S/c1-14(2)10-17-12-18(26)21(34-17)11-16(4)23(29)22-19(28)13-20(33-24(22)30)15(3)8-6-7-9-27-25(31)32-5/h7,9,12-16,28H,6,8,10-11H2,1-5H3,(H,27,31)/b9-7+. The molecule has 2 heterocycles. The number of aromatic hydroxyl groups is 1. The summed E-state index contributed by atoms with van der Waals surface area (Å²) in [5.74, 6) is -0.625.